The predicted octanol–water partition coefficient (Wildman–Crippen LogP) is 3.90. The predicted molar refractivity (Wildman–Crippen MR) is 109 cm³/mol. The molecule has 28 heavy (non-hydrogen) atoms. The second-order valence-corrected chi connectivity index (χ2v) is 8.95. The summed E-state index contributed by atoms with van der Waals surface area (Å²) in [6, 6.07) is 24.2. The van der Waals surface area contributed by atoms with Crippen LogP contribution >= 0.6 is 0 Å². The number of carbonyl (C=O) groups excluding carboxylic acids is 1. The average Bonchev–Trinajstić information content (AvgIpc) is 2.85. The molecule has 142 valence electrons. The van der Waals surface area contributed by atoms with Gasteiger partial charge in [0.15, 0.2) is 0 Å². The van der Waals surface area contributed by atoms with E-state index >= 15 is 0 Å². The Morgan fingerprint density at radius 3 is 2.36 bits per heavy atom. The minimum Gasteiger partial charge on any atom is -0.273 e. The van der Waals surface area contributed by atoms with Crippen molar-refractivity contribution < 1.29 is 13.2 Å². The molecule has 0 fully saturated rings. The van der Waals surface area contributed by atoms with E-state index < -0.39 is 15.9 Å². The highest BCUT2D eigenvalue weighted by atomic mass is 32.2. The van der Waals surface area contributed by atoms with Crippen LogP contribution in [0.2, 0.25) is 0 Å². The summed E-state index contributed by atoms with van der Waals surface area (Å²) < 4.78 is 27.7. The van der Waals surface area contributed by atoms with Gasteiger partial charge in [0.1, 0.15) is 0 Å². The number of fused-ring (bicyclic) bond motifs is 1. The maximum atomic E-state index is 13.3. The molecular weight excluding hydrogens is 370 g/mol. The zero-order chi connectivity index (χ0) is 19.7. The van der Waals surface area contributed by atoms with Crippen LogP contribution < -0.4 is 0 Å². The van der Waals surface area contributed by atoms with Crippen molar-refractivity contribution >= 4 is 15.9 Å². The van der Waals surface area contributed by atoms with E-state index in [0.29, 0.717) is 0 Å². The number of nitrogens with zero attached hydrogens (tertiary/aromatic N) is 1. The first kappa shape index (κ1) is 18.4. The van der Waals surface area contributed by atoms with E-state index in [4.69, 9.17) is 0 Å². The van der Waals surface area contributed by atoms with Crippen LogP contribution in [0.3, 0.4) is 0 Å². The van der Waals surface area contributed by atoms with Crippen LogP contribution in [0.1, 0.15) is 28.2 Å². The average molecular weight is 391 g/mol. The number of aryl methyl sites for hydroxylation is 1. The molecular formula is C23H21NO3S. The lowest BCUT2D eigenvalue weighted by Gasteiger charge is -2.25. The monoisotopic (exact) mass is 391 g/mol. The van der Waals surface area contributed by atoms with Crippen molar-refractivity contribution in [2.24, 2.45) is 0 Å². The summed E-state index contributed by atoms with van der Waals surface area (Å²) in [5.74, 6) is -0.601. The van der Waals surface area contributed by atoms with Crippen molar-refractivity contribution in [1.82, 2.24) is 4.31 Å². The first-order valence-electron chi connectivity index (χ1n) is 9.22. The van der Waals surface area contributed by atoms with Gasteiger partial charge in [0, 0.05) is 12.5 Å². The molecule has 4 rings (SSSR count). The Kier molecular flexibility index (Phi) is 4.77. The minimum absolute atomic E-state index is 0.0740. The van der Waals surface area contributed by atoms with Gasteiger partial charge in [-0.1, -0.05) is 66.7 Å². The molecule has 4 nitrogen and oxygen atoms in total. The van der Waals surface area contributed by atoms with E-state index in [2.05, 4.69) is 0 Å². The van der Waals surface area contributed by atoms with E-state index in [-0.39, 0.29) is 23.8 Å². The Labute approximate surface area is 165 Å². The fourth-order valence-electron chi connectivity index (χ4n) is 3.76. The maximum Gasteiger partial charge on any atom is 0.266 e. The number of hydrogen-bond acceptors (Lipinski definition) is 3. The highest BCUT2D eigenvalue weighted by Gasteiger charge is 2.36. The second kappa shape index (κ2) is 7.24. The molecule has 0 saturated carbocycles. The molecule has 1 unspecified atom stereocenters. The summed E-state index contributed by atoms with van der Waals surface area (Å²) >= 11 is 0. The van der Waals surface area contributed by atoms with E-state index in [0.717, 1.165) is 26.6 Å². The largest absolute Gasteiger partial charge is 0.273 e. The summed E-state index contributed by atoms with van der Waals surface area (Å²) in [6.07, 6.45) is 0.0740. The lowest BCUT2D eigenvalue weighted by atomic mass is 9.88. The van der Waals surface area contributed by atoms with Crippen LogP contribution in [-0.4, -0.2) is 25.2 Å². The normalized spacial score (nSPS) is 17.1. The Morgan fingerprint density at radius 2 is 1.61 bits per heavy atom. The molecule has 0 radical (unpaired) electrons. The van der Waals surface area contributed by atoms with Crippen LogP contribution in [0.4, 0.5) is 0 Å². The Balaban J connectivity index is 1.83. The minimum atomic E-state index is -3.93. The van der Waals surface area contributed by atoms with Gasteiger partial charge in [-0.25, -0.2) is 12.7 Å². The van der Waals surface area contributed by atoms with Gasteiger partial charge < -0.3 is 0 Å². The van der Waals surface area contributed by atoms with Crippen molar-refractivity contribution in [3.63, 3.8) is 0 Å². The second-order valence-electron chi connectivity index (χ2n) is 7.09. The number of carbonyl (C=O) groups is 1. The number of rotatable bonds is 3. The van der Waals surface area contributed by atoms with Crippen molar-refractivity contribution in [3.8, 4) is 0 Å². The van der Waals surface area contributed by atoms with Crippen LogP contribution in [-0.2, 0) is 21.2 Å². The first-order valence-corrected chi connectivity index (χ1v) is 10.7. The van der Waals surface area contributed by atoms with Gasteiger partial charge in [-0.3, -0.25) is 4.79 Å². The fraction of sp³-hybridized carbons (Fsp3) is 0.174. The molecule has 5 heteroatoms. The van der Waals surface area contributed by atoms with Crippen LogP contribution in [0.25, 0.3) is 0 Å². The van der Waals surface area contributed by atoms with Gasteiger partial charge >= 0.3 is 0 Å². The molecule has 0 N–H and O–H groups in total. The third-order valence-corrected chi connectivity index (χ3v) is 6.96. The zero-order valence-electron chi connectivity index (χ0n) is 15.6. The van der Waals surface area contributed by atoms with Gasteiger partial charge in [-0.15, -0.1) is 0 Å². The summed E-state index contributed by atoms with van der Waals surface area (Å²) in [4.78, 5) is 13.2. The number of sulfonamides is 1. The van der Waals surface area contributed by atoms with Gasteiger partial charge in [0.05, 0.1) is 11.3 Å². The highest BCUT2D eigenvalue weighted by molar-refractivity contribution is 7.89. The molecule has 1 aliphatic rings. The van der Waals surface area contributed by atoms with Crippen molar-refractivity contribution in [3.05, 3.63) is 101 Å². The highest BCUT2D eigenvalue weighted by Crippen LogP contribution is 2.34. The van der Waals surface area contributed by atoms with E-state index in [1.807, 2.05) is 67.6 Å². The smallest absolute Gasteiger partial charge is 0.266 e. The molecule has 3 aromatic rings. The zero-order valence-corrected chi connectivity index (χ0v) is 16.4. The quantitative estimate of drug-likeness (QED) is 0.680. The first-order chi connectivity index (χ1) is 13.5. The van der Waals surface area contributed by atoms with E-state index in [1.165, 1.54) is 0 Å². The van der Waals surface area contributed by atoms with Crippen molar-refractivity contribution in [1.29, 1.82) is 0 Å². The molecule has 0 aromatic heterocycles. The van der Waals surface area contributed by atoms with Gasteiger partial charge in [0.25, 0.3) is 10.0 Å². The van der Waals surface area contributed by atoms with Crippen molar-refractivity contribution in [2.45, 2.75) is 24.2 Å². The molecule has 1 aliphatic heterocycles. The van der Waals surface area contributed by atoms with Gasteiger partial charge in [-0.2, -0.15) is 0 Å². The molecule has 0 aliphatic carbocycles. The lowest BCUT2D eigenvalue weighted by Crippen LogP contribution is -2.39. The topological polar surface area (TPSA) is 54.5 Å². The van der Waals surface area contributed by atoms with Gasteiger partial charge in [0.2, 0.25) is 5.91 Å². The number of amides is 1. The maximum absolute atomic E-state index is 13.3. The summed E-state index contributed by atoms with van der Waals surface area (Å²) in [6.45, 7) is 1.93. The SMILES string of the molecule is Cc1cccc(S(=O)(=O)N2CC(c3ccccc3)c3ccccc3CC2=O)c1. The fourth-order valence-corrected chi connectivity index (χ4v) is 5.28. The van der Waals surface area contributed by atoms with Crippen LogP contribution in [0.15, 0.2) is 83.8 Å². The third kappa shape index (κ3) is 3.34. The van der Waals surface area contributed by atoms with Gasteiger partial charge in [-0.05, 0) is 41.3 Å². The molecule has 0 spiro atoms. The standard InChI is InChI=1S/C23H21NO3S/c1-17-8-7-12-20(14-17)28(26,27)24-16-22(18-9-3-2-4-10-18)21-13-6-5-11-19(21)15-23(24)25/h2-14,22H,15-16H2,1H3. The summed E-state index contributed by atoms with van der Waals surface area (Å²) in [5, 5.41) is 0. The van der Waals surface area contributed by atoms with Crippen molar-refractivity contribution in [2.75, 3.05) is 6.54 Å². The molecule has 0 bridgehead atoms. The Bertz CT molecular complexity index is 1120. The Hall–Kier alpha value is -2.92. The molecule has 0 saturated heterocycles. The molecule has 3 aromatic carbocycles. The third-order valence-electron chi connectivity index (χ3n) is 5.18. The number of hydrogen-bond donors (Lipinski definition) is 0. The lowest BCUT2D eigenvalue weighted by molar-refractivity contribution is -0.125. The van der Waals surface area contributed by atoms with Crippen LogP contribution in [0.5, 0.6) is 0 Å². The molecule has 1 amide bonds. The molecule has 1 atom stereocenters. The van der Waals surface area contributed by atoms with E-state index in [1.54, 1.807) is 18.2 Å². The number of benzene rings is 3. The van der Waals surface area contributed by atoms with Crippen LogP contribution in [0, 0.1) is 6.92 Å². The van der Waals surface area contributed by atoms with E-state index in [9.17, 15) is 13.2 Å². The summed E-state index contributed by atoms with van der Waals surface area (Å²) in [7, 11) is -3.93. The summed E-state index contributed by atoms with van der Waals surface area (Å²) in [5.41, 5.74) is 3.72. The Morgan fingerprint density at radius 1 is 0.893 bits per heavy atom. The molecule has 1 heterocycles.